The Morgan fingerprint density at radius 3 is 3.10 bits per heavy atom. The average Bonchev–Trinajstić information content (AvgIpc) is 2.90. The SMILES string of the molecule is CCn1nnnc1SCC1C=C(C(=O)O)N2C(=O)C[C@H]2S1. The number of hydrogen-bond acceptors (Lipinski definition) is 7. The van der Waals surface area contributed by atoms with E-state index < -0.39 is 5.97 Å². The van der Waals surface area contributed by atoms with E-state index in [-0.39, 0.29) is 22.2 Å². The highest BCUT2D eigenvalue weighted by molar-refractivity contribution is 8.03. The number of aliphatic carboxylic acids is 1. The Bertz CT molecular complexity index is 617. The number of carboxylic acids is 1. The van der Waals surface area contributed by atoms with Gasteiger partial charge in [-0.15, -0.1) is 16.9 Å². The third kappa shape index (κ3) is 2.64. The predicted molar refractivity (Wildman–Crippen MR) is 76.6 cm³/mol. The van der Waals surface area contributed by atoms with Crippen LogP contribution in [0.15, 0.2) is 16.9 Å². The van der Waals surface area contributed by atoms with Gasteiger partial charge in [0.1, 0.15) is 5.70 Å². The highest BCUT2D eigenvalue weighted by atomic mass is 32.2. The Balaban J connectivity index is 1.70. The molecule has 112 valence electrons. The molecule has 0 saturated carbocycles. The van der Waals surface area contributed by atoms with Crippen LogP contribution in [0.3, 0.4) is 0 Å². The number of carbonyl (C=O) groups excluding carboxylic acids is 1. The molecule has 0 bridgehead atoms. The van der Waals surface area contributed by atoms with E-state index in [0.717, 1.165) is 5.16 Å². The molecule has 0 spiro atoms. The highest BCUT2D eigenvalue weighted by Crippen LogP contribution is 2.41. The summed E-state index contributed by atoms with van der Waals surface area (Å²) >= 11 is 3.10. The lowest BCUT2D eigenvalue weighted by Crippen LogP contribution is -2.54. The van der Waals surface area contributed by atoms with Crippen molar-refractivity contribution in [3.63, 3.8) is 0 Å². The number of nitrogens with zero attached hydrogens (tertiary/aromatic N) is 5. The zero-order chi connectivity index (χ0) is 15.0. The van der Waals surface area contributed by atoms with Gasteiger partial charge in [0.05, 0.1) is 11.8 Å². The Labute approximate surface area is 128 Å². The molecule has 2 aliphatic rings. The van der Waals surface area contributed by atoms with E-state index in [1.807, 2.05) is 6.92 Å². The summed E-state index contributed by atoms with van der Waals surface area (Å²) in [6, 6.07) is 0. The van der Waals surface area contributed by atoms with Crippen LogP contribution in [0.4, 0.5) is 0 Å². The minimum atomic E-state index is -1.05. The van der Waals surface area contributed by atoms with Crippen LogP contribution in [0.5, 0.6) is 0 Å². The monoisotopic (exact) mass is 327 g/mol. The number of hydrogen-bond donors (Lipinski definition) is 1. The van der Waals surface area contributed by atoms with Gasteiger partial charge in [-0.2, -0.15) is 0 Å². The van der Waals surface area contributed by atoms with Crippen molar-refractivity contribution in [1.29, 1.82) is 0 Å². The summed E-state index contributed by atoms with van der Waals surface area (Å²) in [5.74, 6) is -0.510. The lowest BCUT2D eigenvalue weighted by atomic mass is 10.1. The van der Waals surface area contributed by atoms with E-state index >= 15 is 0 Å². The maximum absolute atomic E-state index is 11.5. The maximum atomic E-state index is 11.5. The normalized spacial score (nSPS) is 24.3. The molecule has 1 aromatic heterocycles. The largest absolute Gasteiger partial charge is 0.477 e. The Hall–Kier alpha value is -1.55. The van der Waals surface area contributed by atoms with Crippen LogP contribution >= 0.6 is 23.5 Å². The third-order valence-electron chi connectivity index (χ3n) is 3.24. The second-order valence-corrected chi connectivity index (χ2v) is 6.95. The first-order valence-electron chi connectivity index (χ1n) is 6.41. The van der Waals surface area contributed by atoms with Gasteiger partial charge in [-0.3, -0.25) is 9.69 Å². The van der Waals surface area contributed by atoms with E-state index in [9.17, 15) is 14.7 Å². The zero-order valence-electron chi connectivity index (χ0n) is 11.2. The number of fused-ring (bicyclic) bond motifs is 1. The van der Waals surface area contributed by atoms with Crippen molar-refractivity contribution in [2.45, 2.75) is 35.7 Å². The molecular formula is C11H13N5O3S2. The summed E-state index contributed by atoms with van der Waals surface area (Å²) in [5.41, 5.74) is 0.0932. The molecule has 1 amide bonds. The highest BCUT2D eigenvalue weighted by Gasteiger charge is 2.45. The molecule has 0 aliphatic carbocycles. The molecule has 0 radical (unpaired) electrons. The number of aryl methyl sites for hydroxylation is 1. The second kappa shape index (κ2) is 5.68. The molecule has 1 saturated heterocycles. The van der Waals surface area contributed by atoms with Crippen LogP contribution in [0.2, 0.25) is 0 Å². The molecule has 1 fully saturated rings. The number of carbonyl (C=O) groups is 2. The first kappa shape index (κ1) is 14.4. The van der Waals surface area contributed by atoms with Crippen LogP contribution in [-0.4, -0.2) is 58.5 Å². The van der Waals surface area contributed by atoms with Crippen molar-refractivity contribution in [1.82, 2.24) is 25.1 Å². The van der Waals surface area contributed by atoms with Gasteiger partial charge in [-0.05, 0) is 23.4 Å². The van der Waals surface area contributed by atoms with Gasteiger partial charge >= 0.3 is 5.97 Å². The second-order valence-electron chi connectivity index (χ2n) is 4.54. The molecule has 1 unspecified atom stereocenters. The van der Waals surface area contributed by atoms with Gasteiger partial charge in [0.2, 0.25) is 11.1 Å². The molecule has 0 aromatic carbocycles. The minimum Gasteiger partial charge on any atom is -0.477 e. The Morgan fingerprint density at radius 2 is 2.43 bits per heavy atom. The van der Waals surface area contributed by atoms with Crippen molar-refractivity contribution in [2.75, 3.05) is 5.75 Å². The van der Waals surface area contributed by atoms with Crippen LogP contribution in [0, 0.1) is 0 Å². The first-order valence-corrected chi connectivity index (χ1v) is 8.34. The summed E-state index contributed by atoms with van der Waals surface area (Å²) < 4.78 is 1.69. The van der Waals surface area contributed by atoms with Gasteiger partial charge < -0.3 is 5.11 Å². The number of thioether (sulfide) groups is 2. The minimum absolute atomic E-state index is 0.0254. The van der Waals surface area contributed by atoms with Crippen molar-refractivity contribution in [2.24, 2.45) is 0 Å². The van der Waals surface area contributed by atoms with E-state index in [1.165, 1.54) is 16.7 Å². The van der Waals surface area contributed by atoms with E-state index in [2.05, 4.69) is 15.5 Å². The smallest absolute Gasteiger partial charge is 0.352 e. The molecule has 8 nitrogen and oxygen atoms in total. The van der Waals surface area contributed by atoms with E-state index in [0.29, 0.717) is 18.7 Å². The van der Waals surface area contributed by atoms with Crippen molar-refractivity contribution in [3.05, 3.63) is 11.8 Å². The quantitative estimate of drug-likeness (QED) is 0.613. The number of carboxylic acid groups (broad SMARTS) is 1. The number of amides is 1. The summed E-state index contributed by atoms with van der Waals surface area (Å²) in [6.07, 6.45) is 2.05. The molecule has 1 aromatic rings. The number of β-lactam (4-membered cyclic amide) rings is 1. The molecule has 2 aliphatic heterocycles. The van der Waals surface area contributed by atoms with Gasteiger partial charge in [-0.25, -0.2) is 9.48 Å². The topological polar surface area (TPSA) is 101 Å². The Kier molecular flexibility index (Phi) is 3.89. The van der Waals surface area contributed by atoms with Crippen LogP contribution in [0.1, 0.15) is 13.3 Å². The standard InChI is InChI=1S/C11H13N5O3S2/c1-2-15-11(12-13-14-15)20-5-6-3-7(10(18)19)16-8(17)4-9(16)21-6/h3,6,9H,2,4-5H2,1H3,(H,18,19)/t6?,9-/m1/s1. The van der Waals surface area contributed by atoms with Crippen molar-refractivity contribution < 1.29 is 14.7 Å². The first-order chi connectivity index (χ1) is 10.1. The fourth-order valence-corrected chi connectivity index (χ4v) is 4.74. The molecule has 21 heavy (non-hydrogen) atoms. The number of tetrazole rings is 1. The summed E-state index contributed by atoms with van der Waals surface area (Å²) in [4.78, 5) is 24.1. The molecule has 3 rings (SSSR count). The van der Waals surface area contributed by atoms with Crippen molar-refractivity contribution >= 4 is 35.4 Å². The average molecular weight is 327 g/mol. The third-order valence-corrected chi connectivity index (χ3v) is 5.87. The van der Waals surface area contributed by atoms with Gasteiger partial charge in [0, 0.05) is 17.5 Å². The lowest BCUT2D eigenvalue weighted by Gasteiger charge is -2.44. The van der Waals surface area contributed by atoms with Crippen LogP contribution in [-0.2, 0) is 16.1 Å². The fourth-order valence-electron chi connectivity index (χ4n) is 2.20. The van der Waals surface area contributed by atoms with E-state index in [4.69, 9.17) is 0 Å². The Morgan fingerprint density at radius 1 is 1.62 bits per heavy atom. The fraction of sp³-hybridized carbons (Fsp3) is 0.545. The zero-order valence-corrected chi connectivity index (χ0v) is 12.8. The van der Waals surface area contributed by atoms with Crippen LogP contribution in [0.25, 0.3) is 0 Å². The molecule has 2 atom stereocenters. The molecule has 3 heterocycles. The van der Waals surface area contributed by atoms with E-state index in [1.54, 1.807) is 22.5 Å². The molecular weight excluding hydrogens is 314 g/mol. The molecule has 1 N–H and O–H groups in total. The summed E-state index contributed by atoms with van der Waals surface area (Å²) in [6.45, 7) is 2.64. The number of rotatable bonds is 5. The van der Waals surface area contributed by atoms with Gasteiger partial charge in [0.15, 0.2) is 0 Å². The van der Waals surface area contributed by atoms with Crippen LogP contribution < -0.4 is 0 Å². The van der Waals surface area contributed by atoms with Gasteiger partial charge in [0.25, 0.3) is 0 Å². The molecule has 10 heteroatoms. The number of aromatic nitrogens is 4. The van der Waals surface area contributed by atoms with Crippen molar-refractivity contribution in [3.8, 4) is 0 Å². The maximum Gasteiger partial charge on any atom is 0.352 e. The van der Waals surface area contributed by atoms with Gasteiger partial charge in [-0.1, -0.05) is 11.8 Å². The predicted octanol–water partition coefficient (Wildman–Crippen LogP) is 0.427. The summed E-state index contributed by atoms with van der Waals surface area (Å²) in [5, 5.41) is 21.3. The summed E-state index contributed by atoms with van der Waals surface area (Å²) in [7, 11) is 0. The lowest BCUT2D eigenvalue weighted by molar-refractivity contribution is -0.146.